The first-order chi connectivity index (χ1) is 14.0. The Hall–Kier alpha value is -3.29. The van der Waals surface area contributed by atoms with Crippen molar-refractivity contribution in [3.8, 4) is 5.75 Å². The summed E-state index contributed by atoms with van der Waals surface area (Å²) < 4.78 is 18.8. The van der Waals surface area contributed by atoms with E-state index in [4.69, 9.17) is 28.6 Å². The highest BCUT2D eigenvalue weighted by Gasteiger charge is 2.13. The molecule has 0 saturated carbocycles. The van der Waals surface area contributed by atoms with Gasteiger partial charge in [-0.3, -0.25) is 5.43 Å². The third kappa shape index (κ3) is 6.10. The molecule has 3 aromatic rings. The van der Waals surface area contributed by atoms with Gasteiger partial charge in [0.25, 0.3) is 0 Å². The molecule has 5 nitrogen and oxygen atoms in total. The van der Waals surface area contributed by atoms with Crippen LogP contribution >= 0.6 is 23.8 Å². The Morgan fingerprint density at radius 2 is 1.83 bits per heavy atom. The molecule has 2 N–H and O–H groups in total. The van der Waals surface area contributed by atoms with Crippen LogP contribution in [0.4, 0.5) is 10.1 Å². The molecule has 0 aliphatic carbocycles. The van der Waals surface area contributed by atoms with Crippen molar-refractivity contribution in [2.24, 2.45) is 5.10 Å². The number of carbonyl (C=O) groups excluding carboxylic acids is 1. The topological polar surface area (TPSA) is 62.7 Å². The van der Waals surface area contributed by atoms with Crippen LogP contribution in [0.15, 0.2) is 77.9 Å². The van der Waals surface area contributed by atoms with Gasteiger partial charge in [0.2, 0.25) is 0 Å². The smallest absolute Gasteiger partial charge is 0.346 e. The van der Waals surface area contributed by atoms with Crippen LogP contribution in [-0.2, 0) is 0 Å². The zero-order valence-electron chi connectivity index (χ0n) is 14.9. The number of hydrazone groups is 1. The van der Waals surface area contributed by atoms with E-state index in [-0.39, 0.29) is 5.56 Å². The number of carbonyl (C=O) groups is 1. The van der Waals surface area contributed by atoms with Gasteiger partial charge in [-0.05, 0) is 72.4 Å². The van der Waals surface area contributed by atoms with Gasteiger partial charge in [-0.1, -0.05) is 29.8 Å². The lowest BCUT2D eigenvalue weighted by atomic mass is 10.2. The summed E-state index contributed by atoms with van der Waals surface area (Å²) in [7, 11) is 0. The number of anilines is 1. The van der Waals surface area contributed by atoms with E-state index >= 15 is 0 Å². The second-order valence-corrected chi connectivity index (χ2v) is 6.62. The van der Waals surface area contributed by atoms with E-state index in [0.29, 0.717) is 15.9 Å². The summed E-state index contributed by atoms with van der Waals surface area (Å²) in [5, 5.41) is 7.89. The molecule has 0 atom stereocenters. The Morgan fingerprint density at radius 3 is 2.55 bits per heavy atom. The molecule has 0 radical (unpaired) electrons. The molecule has 0 heterocycles. The molecule has 0 saturated heterocycles. The maximum Gasteiger partial charge on any atom is 0.346 e. The third-order valence-corrected chi connectivity index (χ3v) is 4.08. The highest BCUT2D eigenvalue weighted by molar-refractivity contribution is 7.80. The Morgan fingerprint density at radius 1 is 1.07 bits per heavy atom. The number of nitrogens with one attached hydrogen (secondary N) is 2. The highest BCUT2D eigenvalue weighted by atomic mass is 35.5. The van der Waals surface area contributed by atoms with Crippen molar-refractivity contribution in [2.45, 2.75) is 0 Å². The Labute approximate surface area is 177 Å². The van der Waals surface area contributed by atoms with Crippen molar-refractivity contribution in [2.75, 3.05) is 5.32 Å². The van der Waals surface area contributed by atoms with E-state index in [1.165, 1.54) is 18.2 Å². The second-order valence-electron chi connectivity index (χ2n) is 5.77. The summed E-state index contributed by atoms with van der Waals surface area (Å²) >= 11 is 11.1. The fourth-order valence-electron chi connectivity index (χ4n) is 2.30. The molecule has 3 rings (SSSR count). The van der Waals surface area contributed by atoms with Gasteiger partial charge in [0.15, 0.2) is 5.11 Å². The quantitative estimate of drug-likeness (QED) is 0.197. The van der Waals surface area contributed by atoms with Crippen molar-refractivity contribution in [3.63, 3.8) is 0 Å². The SMILES string of the molecule is O=C(Oc1ccc(/C=N\NC(=S)Nc2cccc(Cl)c2)cc1)c1ccccc1F. The van der Waals surface area contributed by atoms with Crippen LogP contribution < -0.4 is 15.5 Å². The number of benzene rings is 3. The molecule has 0 aliphatic heterocycles. The molecule has 0 amide bonds. The van der Waals surface area contributed by atoms with E-state index in [1.54, 1.807) is 54.7 Å². The van der Waals surface area contributed by atoms with Gasteiger partial charge in [-0.2, -0.15) is 5.10 Å². The van der Waals surface area contributed by atoms with Gasteiger partial charge in [0, 0.05) is 10.7 Å². The molecule has 0 bridgehead atoms. The lowest BCUT2D eigenvalue weighted by Crippen LogP contribution is -2.23. The number of esters is 1. The minimum absolute atomic E-state index is 0.122. The van der Waals surface area contributed by atoms with E-state index in [0.717, 1.165) is 11.3 Å². The van der Waals surface area contributed by atoms with Crippen molar-refractivity contribution < 1.29 is 13.9 Å². The first-order valence-corrected chi connectivity index (χ1v) is 9.22. The maximum atomic E-state index is 13.6. The Bertz CT molecular complexity index is 1060. The van der Waals surface area contributed by atoms with Crippen LogP contribution in [0.1, 0.15) is 15.9 Å². The highest BCUT2D eigenvalue weighted by Crippen LogP contribution is 2.16. The molecule has 146 valence electrons. The fourth-order valence-corrected chi connectivity index (χ4v) is 2.66. The largest absolute Gasteiger partial charge is 0.423 e. The number of thiocarbonyl (C=S) groups is 1. The third-order valence-electron chi connectivity index (χ3n) is 3.65. The van der Waals surface area contributed by atoms with Crippen molar-refractivity contribution in [3.05, 3.63) is 94.8 Å². The fraction of sp³-hybridized carbons (Fsp3) is 0. The number of ether oxygens (including phenoxy) is 1. The zero-order valence-corrected chi connectivity index (χ0v) is 16.5. The van der Waals surface area contributed by atoms with Crippen molar-refractivity contribution in [1.29, 1.82) is 0 Å². The first kappa shape index (κ1) is 20.4. The molecule has 29 heavy (non-hydrogen) atoms. The summed E-state index contributed by atoms with van der Waals surface area (Å²) in [6.07, 6.45) is 1.55. The molecule has 3 aromatic carbocycles. The monoisotopic (exact) mass is 427 g/mol. The standard InChI is InChI=1S/C21H15ClFN3O2S/c22-15-4-3-5-16(12-15)25-21(29)26-24-13-14-8-10-17(11-9-14)28-20(27)18-6-1-2-7-19(18)23/h1-13H,(H2,25,26,29)/b24-13-. The molecule has 0 unspecified atom stereocenters. The van der Waals surface area contributed by atoms with E-state index in [1.807, 2.05) is 6.07 Å². The molecule has 0 aliphatic rings. The number of hydrogen-bond acceptors (Lipinski definition) is 4. The van der Waals surface area contributed by atoms with E-state index in [2.05, 4.69) is 15.8 Å². The van der Waals surface area contributed by atoms with Gasteiger partial charge in [0.1, 0.15) is 11.6 Å². The van der Waals surface area contributed by atoms with E-state index < -0.39 is 11.8 Å². The normalized spacial score (nSPS) is 10.6. The summed E-state index contributed by atoms with van der Waals surface area (Å²) in [6, 6.07) is 19.3. The minimum Gasteiger partial charge on any atom is -0.423 e. The number of halogens is 2. The van der Waals surface area contributed by atoms with Crippen LogP contribution in [0, 0.1) is 5.82 Å². The lowest BCUT2D eigenvalue weighted by Gasteiger charge is -2.07. The van der Waals surface area contributed by atoms with Gasteiger partial charge < -0.3 is 10.1 Å². The first-order valence-electron chi connectivity index (χ1n) is 8.44. The number of hydrogen-bond donors (Lipinski definition) is 2. The van der Waals surface area contributed by atoms with Gasteiger partial charge in [-0.15, -0.1) is 0 Å². The van der Waals surface area contributed by atoms with Crippen molar-refractivity contribution in [1.82, 2.24) is 5.43 Å². The van der Waals surface area contributed by atoms with Gasteiger partial charge >= 0.3 is 5.97 Å². The van der Waals surface area contributed by atoms with Gasteiger partial charge in [-0.25, -0.2) is 9.18 Å². The summed E-state index contributed by atoms with van der Waals surface area (Å²) in [5.41, 5.74) is 4.06. The predicted molar refractivity (Wildman–Crippen MR) is 116 cm³/mol. The average Bonchev–Trinajstić information content (AvgIpc) is 2.69. The maximum absolute atomic E-state index is 13.6. The molecular weight excluding hydrogens is 413 g/mol. The summed E-state index contributed by atoms with van der Waals surface area (Å²) in [4.78, 5) is 12.0. The van der Waals surface area contributed by atoms with Crippen LogP contribution in [0.5, 0.6) is 5.75 Å². The molecule has 0 spiro atoms. The van der Waals surface area contributed by atoms with Gasteiger partial charge in [0.05, 0.1) is 11.8 Å². The molecule has 8 heteroatoms. The van der Waals surface area contributed by atoms with Crippen LogP contribution in [0.3, 0.4) is 0 Å². The molecular formula is C21H15ClFN3O2S. The minimum atomic E-state index is -0.761. The Balaban J connectivity index is 1.53. The van der Waals surface area contributed by atoms with Crippen molar-refractivity contribution >= 4 is 46.8 Å². The van der Waals surface area contributed by atoms with Crippen LogP contribution in [-0.4, -0.2) is 17.3 Å². The summed E-state index contributed by atoms with van der Waals surface area (Å²) in [5.74, 6) is -1.10. The lowest BCUT2D eigenvalue weighted by molar-refractivity contribution is 0.0730. The summed E-state index contributed by atoms with van der Waals surface area (Å²) in [6.45, 7) is 0. The Kier molecular flexibility index (Phi) is 6.89. The zero-order chi connectivity index (χ0) is 20.6. The predicted octanol–water partition coefficient (Wildman–Crippen LogP) is 5.02. The number of nitrogens with zero attached hydrogens (tertiary/aromatic N) is 1. The average molecular weight is 428 g/mol. The number of rotatable bonds is 5. The van der Waals surface area contributed by atoms with E-state index in [9.17, 15) is 9.18 Å². The molecule has 0 fully saturated rings. The molecule has 0 aromatic heterocycles. The van der Waals surface area contributed by atoms with Crippen LogP contribution in [0.25, 0.3) is 0 Å². The van der Waals surface area contributed by atoms with Crippen LogP contribution in [0.2, 0.25) is 5.02 Å². The second kappa shape index (κ2) is 9.77.